The third kappa shape index (κ3) is 2.34. The Morgan fingerprint density at radius 2 is 2.00 bits per heavy atom. The van der Waals surface area contributed by atoms with E-state index >= 15 is 0 Å². The molecule has 4 N–H and O–H groups in total. The molecule has 0 rings (SSSR count). The van der Waals surface area contributed by atoms with Crippen LogP contribution in [-0.4, -0.2) is 24.7 Å². The largest absolute Gasteiger partial charge is 0.399 e. The average Bonchev–Trinajstić information content (AvgIpc) is 1.83. The fourth-order valence-corrected chi connectivity index (χ4v) is 0.673. The Labute approximate surface area is 58.9 Å². The van der Waals surface area contributed by atoms with Gasteiger partial charge in [0.25, 0.3) is 10.1 Å². The zero-order valence-electron chi connectivity index (χ0n) is 5.40. The minimum atomic E-state index is -4.22. The molecule has 0 aliphatic rings. The summed E-state index contributed by atoms with van der Waals surface area (Å²) < 4.78 is 28.8. The summed E-state index contributed by atoms with van der Waals surface area (Å²) in [5, 5.41) is 8.31. The fourth-order valence-electron chi connectivity index (χ4n) is 0.277. The monoisotopic (exact) mass is 167 g/mol. The topological polar surface area (TPSA) is 101 Å². The van der Waals surface area contributed by atoms with Gasteiger partial charge in [-0.1, -0.05) is 0 Å². The van der Waals surface area contributed by atoms with Crippen molar-refractivity contribution in [1.82, 2.24) is 0 Å². The molecule has 0 fully saturated rings. The molecule has 0 saturated carbocycles. The predicted octanol–water partition coefficient (Wildman–Crippen LogP) is -0.943. The Kier molecular flexibility index (Phi) is 2.82. The molecule has 5 nitrogen and oxygen atoms in total. The zero-order chi connectivity index (χ0) is 8.36. The molecule has 0 spiro atoms. The van der Waals surface area contributed by atoms with Crippen LogP contribution in [0.3, 0.4) is 0 Å². The first-order valence-electron chi connectivity index (χ1n) is 2.43. The zero-order valence-corrected chi connectivity index (χ0v) is 6.22. The molecule has 0 heterocycles. The van der Waals surface area contributed by atoms with E-state index in [-0.39, 0.29) is 5.70 Å². The standard InChI is InChI=1S/C4H9NO4S/c1-3(4(5)2-6)10(7,8)9/h6H,2,5H2,1H3,(H,7,8,9). The highest BCUT2D eigenvalue weighted by Crippen LogP contribution is 2.04. The Bertz CT molecular complexity index is 240. The lowest BCUT2D eigenvalue weighted by Crippen LogP contribution is -2.11. The van der Waals surface area contributed by atoms with E-state index in [9.17, 15) is 8.42 Å². The molecule has 6 heteroatoms. The molecule has 0 unspecified atom stereocenters. The summed E-state index contributed by atoms with van der Waals surface area (Å²) in [6.45, 7) is 0.534. The van der Waals surface area contributed by atoms with Gasteiger partial charge in [0.1, 0.15) is 0 Å². The minimum Gasteiger partial charge on any atom is -0.399 e. The van der Waals surface area contributed by atoms with Gasteiger partial charge in [-0.05, 0) is 6.92 Å². The second kappa shape index (κ2) is 3.00. The number of rotatable bonds is 2. The van der Waals surface area contributed by atoms with Crippen molar-refractivity contribution in [2.24, 2.45) is 5.73 Å². The molecule has 0 aliphatic carbocycles. The van der Waals surface area contributed by atoms with Crippen molar-refractivity contribution in [2.75, 3.05) is 6.61 Å². The van der Waals surface area contributed by atoms with Gasteiger partial charge in [0.2, 0.25) is 0 Å². The first-order chi connectivity index (χ1) is 4.39. The first-order valence-corrected chi connectivity index (χ1v) is 3.87. The second-order valence-corrected chi connectivity index (χ2v) is 3.28. The molecule has 0 aromatic heterocycles. The predicted molar refractivity (Wildman–Crippen MR) is 35.5 cm³/mol. The second-order valence-electron chi connectivity index (χ2n) is 1.71. The lowest BCUT2D eigenvalue weighted by Gasteiger charge is -1.99. The van der Waals surface area contributed by atoms with Gasteiger partial charge >= 0.3 is 0 Å². The van der Waals surface area contributed by atoms with Gasteiger partial charge in [0.15, 0.2) is 0 Å². The SMILES string of the molecule is CC(=C(N)CO)S(=O)(=O)O. The third-order valence-electron chi connectivity index (χ3n) is 1.01. The van der Waals surface area contributed by atoms with Crippen LogP contribution in [0.2, 0.25) is 0 Å². The molecule has 60 valence electrons. The van der Waals surface area contributed by atoms with E-state index in [0.717, 1.165) is 6.92 Å². The fraction of sp³-hybridized carbons (Fsp3) is 0.500. The summed E-state index contributed by atoms with van der Waals surface area (Å²) in [6, 6.07) is 0. The van der Waals surface area contributed by atoms with Gasteiger partial charge in [0, 0.05) is 0 Å². The third-order valence-corrected chi connectivity index (χ3v) is 2.05. The highest BCUT2D eigenvalue weighted by atomic mass is 32.2. The number of hydrogen-bond acceptors (Lipinski definition) is 4. The summed E-state index contributed by atoms with van der Waals surface area (Å²) >= 11 is 0. The lowest BCUT2D eigenvalue weighted by atomic mass is 10.4. The number of aliphatic hydroxyl groups excluding tert-OH is 1. The van der Waals surface area contributed by atoms with E-state index in [4.69, 9.17) is 15.4 Å². The Morgan fingerprint density at radius 1 is 1.60 bits per heavy atom. The van der Waals surface area contributed by atoms with Gasteiger partial charge in [-0.15, -0.1) is 0 Å². The van der Waals surface area contributed by atoms with Crippen LogP contribution in [-0.2, 0) is 10.1 Å². The Balaban J connectivity index is 4.84. The van der Waals surface area contributed by atoms with Crippen LogP contribution in [0.25, 0.3) is 0 Å². The van der Waals surface area contributed by atoms with E-state index in [1.807, 2.05) is 0 Å². The summed E-state index contributed by atoms with van der Waals surface area (Å²) in [4.78, 5) is -0.407. The van der Waals surface area contributed by atoms with Gasteiger partial charge < -0.3 is 10.8 Å². The van der Waals surface area contributed by atoms with E-state index in [1.54, 1.807) is 0 Å². The van der Waals surface area contributed by atoms with Crippen LogP contribution in [0.15, 0.2) is 10.6 Å². The molecule has 0 saturated heterocycles. The van der Waals surface area contributed by atoms with Crippen LogP contribution >= 0.6 is 0 Å². The van der Waals surface area contributed by atoms with Crippen molar-refractivity contribution >= 4 is 10.1 Å². The van der Waals surface area contributed by atoms with Crippen LogP contribution in [0, 0.1) is 0 Å². The van der Waals surface area contributed by atoms with E-state index in [2.05, 4.69) is 0 Å². The van der Waals surface area contributed by atoms with E-state index in [1.165, 1.54) is 0 Å². The molecule has 10 heavy (non-hydrogen) atoms. The van der Waals surface area contributed by atoms with Crippen LogP contribution in [0.5, 0.6) is 0 Å². The van der Waals surface area contributed by atoms with Crippen molar-refractivity contribution in [3.63, 3.8) is 0 Å². The molecule has 0 atom stereocenters. The number of hydrogen-bond donors (Lipinski definition) is 3. The molecule has 0 bridgehead atoms. The summed E-state index contributed by atoms with van der Waals surface area (Å²) in [7, 11) is -4.22. The first kappa shape index (κ1) is 9.41. The van der Waals surface area contributed by atoms with Gasteiger partial charge in [0.05, 0.1) is 17.2 Å². The van der Waals surface area contributed by atoms with Gasteiger partial charge in [-0.3, -0.25) is 4.55 Å². The van der Waals surface area contributed by atoms with Crippen LogP contribution < -0.4 is 5.73 Å². The van der Waals surface area contributed by atoms with E-state index < -0.39 is 21.6 Å². The molecular formula is C4H9NO4S. The molecule has 0 radical (unpaired) electrons. The maximum Gasteiger partial charge on any atom is 0.292 e. The van der Waals surface area contributed by atoms with Crippen LogP contribution in [0.1, 0.15) is 6.92 Å². The molecular weight excluding hydrogens is 158 g/mol. The molecule has 0 aliphatic heterocycles. The maximum absolute atomic E-state index is 10.2. The normalized spacial score (nSPS) is 14.7. The van der Waals surface area contributed by atoms with Gasteiger partial charge in [-0.25, -0.2) is 0 Å². The van der Waals surface area contributed by atoms with Crippen molar-refractivity contribution in [3.05, 3.63) is 10.6 Å². The molecule has 0 amide bonds. The average molecular weight is 167 g/mol. The van der Waals surface area contributed by atoms with Gasteiger partial charge in [-0.2, -0.15) is 8.42 Å². The quantitative estimate of drug-likeness (QED) is 0.461. The number of nitrogens with two attached hydrogens (primary N) is 1. The minimum absolute atomic E-state index is 0.248. The lowest BCUT2D eigenvalue weighted by molar-refractivity contribution is 0.328. The smallest absolute Gasteiger partial charge is 0.292 e. The van der Waals surface area contributed by atoms with Crippen molar-refractivity contribution < 1.29 is 18.1 Å². The molecule has 0 aromatic rings. The van der Waals surface area contributed by atoms with E-state index in [0.29, 0.717) is 0 Å². The Hall–Kier alpha value is -0.590. The summed E-state index contributed by atoms with van der Waals surface area (Å²) in [5.74, 6) is 0. The van der Waals surface area contributed by atoms with Crippen LogP contribution in [0.4, 0.5) is 0 Å². The summed E-state index contributed by atoms with van der Waals surface area (Å²) in [6.07, 6.45) is 0. The van der Waals surface area contributed by atoms with Crippen molar-refractivity contribution in [3.8, 4) is 0 Å². The highest BCUT2D eigenvalue weighted by molar-refractivity contribution is 7.89. The molecule has 0 aromatic carbocycles. The highest BCUT2D eigenvalue weighted by Gasteiger charge is 2.10. The number of aliphatic hydroxyl groups is 1. The van der Waals surface area contributed by atoms with Crippen molar-refractivity contribution in [1.29, 1.82) is 0 Å². The van der Waals surface area contributed by atoms with Crippen molar-refractivity contribution in [2.45, 2.75) is 6.92 Å². The Morgan fingerprint density at radius 3 is 2.10 bits per heavy atom. The number of allylic oxidation sites excluding steroid dienone is 1. The summed E-state index contributed by atoms with van der Waals surface area (Å²) in [5.41, 5.74) is 4.75. The maximum atomic E-state index is 10.2.